The van der Waals surface area contributed by atoms with Crippen molar-refractivity contribution in [1.82, 2.24) is 10.2 Å². The summed E-state index contributed by atoms with van der Waals surface area (Å²) in [4.78, 5) is 3.79. The van der Waals surface area contributed by atoms with Gasteiger partial charge in [0, 0.05) is 22.8 Å². The average Bonchev–Trinajstić information content (AvgIpc) is 2.95. The smallest absolute Gasteiger partial charge is 0.100 e. The first-order valence-electron chi connectivity index (χ1n) is 7.68. The highest BCUT2D eigenvalue weighted by atomic mass is 32.1. The van der Waals surface area contributed by atoms with Crippen molar-refractivity contribution in [3.05, 3.63) is 21.9 Å². The van der Waals surface area contributed by atoms with Gasteiger partial charge in [-0.1, -0.05) is 19.3 Å². The molecule has 1 saturated carbocycles. The molecule has 4 heteroatoms. The summed E-state index contributed by atoms with van der Waals surface area (Å²) in [7, 11) is 2.27. The molecule has 0 amide bonds. The second-order valence-electron chi connectivity index (χ2n) is 5.72. The van der Waals surface area contributed by atoms with Crippen LogP contribution in [-0.4, -0.2) is 31.1 Å². The molecule has 1 N–H and O–H groups in total. The first-order valence-corrected chi connectivity index (χ1v) is 8.56. The van der Waals surface area contributed by atoms with Gasteiger partial charge in [0.25, 0.3) is 0 Å². The van der Waals surface area contributed by atoms with E-state index in [-0.39, 0.29) is 0 Å². The van der Waals surface area contributed by atoms with E-state index >= 15 is 0 Å². The van der Waals surface area contributed by atoms with Crippen LogP contribution in [0.4, 0.5) is 0 Å². The predicted octanol–water partition coefficient (Wildman–Crippen LogP) is 3.36. The molecule has 1 aliphatic carbocycles. The van der Waals surface area contributed by atoms with E-state index in [2.05, 4.69) is 23.3 Å². The van der Waals surface area contributed by atoms with Gasteiger partial charge >= 0.3 is 0 Å². The summed E-state index contributed by atoms with van der Waals surface area (Å²) >= 11 is 1.67. The van der Waals surface area contributed by atoms with Crippen molar-refractivity contribution < 1.29 is 0 Å². The van der Waals surface area contributed by atoms with Gasteiger partial charge in [0.15, 0.2) is 0 Å². The van der Waals surface area contributed by atoms with Gasteiger partial charge in [-0.3, -0.25) is 0 Å². The summed E-state index contributed by atoms with van der Waals surface area (Å²) in [6.07, 6.45) is 8.21. The maximum absolute atomic E-state index is 8.78. The quantitative estimate of drug-likeness (QED) is 0.783. The molecule has 1 aromatic heterocycles. The largest absolute Gasteiger partial charge is 0.312 e. The number of hydrogen-bond donors (Lipinski definition) is 1. The van der Waals surface area contributed by atoms with Gasteiger partial charge in [-0.25, -0.2) is 0 Å². The molecule has 1 aromatic rings. The number of nitrogens with zero attached hydrogens (tertiary/aromatic N) is 2. The average molecular weight is 291 g/mol. The third kappa shape index (κ3) is 4.90. The normalized spacial score (nSPS) is 16.4. The van der Waals surface area contributed by atoms with Crippen LogP contribution in [-0.2, 0) is 6.54 Å². The fourth-order valence-corrected chi connectivity index (χ4v) is 3.68. The maximum atomic E-state index is 8.78. The van der Waals surface area contributed by atoms with Crippen LogP contribution in [0, 0.1) is 11.3 Å². The van der Waals surface area contributed by atoms with E-state index in [1.807, 2.05) is 11.4 Å². The number of thiophene rings is 1. The number of rotatable bonds is 7. The van der Waals surface area contributed by atoms with Crippen LogP contribution in [0.1, 0.15) is 49.0 Å². The number of nitrogens with one attached hydrogen (secondary N) is 1. The molecule has 0 bridgehead atoms. The molecule has 0 atom stereocenters. The highest BCUT2D eigenvalue weighted by Crippen LogP contribution is 2.21. The monoisotopic (exact) mass is 291 g/mol. The minimum atomic E-state index is 0.781. The Labute approximate surface area is 126 Å². The SMILES string of the molecule is CN(CCCNCc1cc(C#N)cs1)C1CCCCC1. The Morgan fingerprint density at radius 2 is 2.20 bits per heavy atom. The van der Waals surface area contributed by atoms with E-state index in [0.29, 0.717) is 0 Å². The number of hydrogen-bond acceptors (Lipinski definition) is 4. The first-order chi connectivity index (χ1) is 9.79. The van der Waals surface area contributed by atoms with E-state index in [9.17, 15) is 0 Å². The van der Waals surface area contributed by atoms with Crippen LogP contribution >= 0.6 is 11.3 Å². The third-order valence-corrected chi connectivity index (χ3v) is 5.08. The predicted molar refractivity (Wildman–Crippen MR) is 84.9 cm³/mol. The van der Waals surface area contributed by atoms with Crippen LogP contribution in [0.15, 0.2) is 11.4 Å². The topological polar surface area (TPSA) is 39.1 Å². The van der Waals surface area contributed by atoms with Gasteiger partial charge in [-0.05, 0) is 45.5 Å². The molecule has 0 aliphatic heterocycles. The zero-order valence-electron chi connectivity index (χ0n) is 12.4. The van der Waals surface area contributed by atoms with Crippen LogP contribution in [0.3, 0.4) is 0 Å². The molecular weight excluding hydrogens is 266 g/mol. The Morgan fingerprint density at radius 3 is 2.90 bits per heavy atom. The van der Waals surface area contributed by atoms with Crippen LogP contribution in [0.5, 0.6) is 0 Å². The van der Waals surface area contributed by atoms with Gasteiger partial charge in [0.05, 0.1) is 5.56 Å². The second kappa shape index (κ2) is 8.41. The van der Waals surface area contributed by atoms with Crippen molar-refractivity contribution in [1.29, 1.82) is 5.26 Å². The zero-order chi connectivity index (χ0) is 14.2. The summed E-state index contributed by atoms with van der Waals surface area (Å²) in [5, 5.41) is 14.2. The van der Waals surface area contributed by atoms with Gasteiger partial charge in [0.2, 0.25) is 0 Å². The van der Waals surface area contributed by atoms with Crippen LogP contribution in [0.2, 0.25) is 0 Å². The highest BCUT2D eigenvalue weighted by molar-refractivity contribution is 7.10. The Kier molecular flexibility index (Phi) is 6.52. The van der Waals surface area contributed by atoms with Gasteiger partial charge < -0.3 is 10.2 Å². The molecule has 3 nitrogen and oxygen atoms in total. The maximum Gasteiger partial charge on any atom is 0.100 e. The Balaban J connectivity index is 1.56. The summed E-state index contributed by atoms with van der Waals surface area (Å²) < 4.78 is 0. The van der Waals surface area contributed by atoms with E-state index < -0.39 is 0 Å². The molecule has 1 aliphatic rings. The van der Waals surface area contributed by atoms with Gasteiger partial charge in [-0.2, -0.15) is 5.26 Å². The third-order valence-electron chi connectivity index (χ3n) is 4.14. The highest BCUT2D eigenvalue weighted by Gasteiger charge is 2.16. The molecule has 0 unspecified atom stereocenters. The lowest BCUT2D eigenvalue weighted by Crippen LogP contribution is -2.35. The van der Waals surface area contributed by atoms with Crippen molar-refractivity contribution in [2.24, 2.45) is 0 Å². The molecular formula is C16H25N3S. The summed E-state index contributed by atoms with van der Waals surface area (Å²) in [5.74, 6) is 0. The second-order valence-corrected chi connectivity index (χ2v) is 6.71. The Morgan fingerprint density at radius 1 is 1.40 bits per heavy atom. The van der Waals surface area contributed by atoms with Crippen molar-refractivity contribution in [2.75, 3.05) is 20.1 Å². The molecule has 1 fully saturated rings. The van der Waals surface area contributed by atoms with Gasteiger partial charge in [0.1, 0.15) is 6.07 Å². The van der Waals surface area contributed by atoms with Crippen LogP contribution in [0.25, 0.3) is 0 Å². The van der Waals surface area contributed by atoms with Crippen molar-refractivity contribution in [2.45, 2.75) is 51.1 Å². The first kappa shape index (κ1) is 15.5. The molecule has 0 spiro atoms. The summed E-state index contributed by atoms with van der Waals surface area (Å²) in [6, 6.07) is 4.97. The molecule has 1 heterocycles. The molecule has 2 rings (SSSR count). The Bertz CT molecular complexity index is 429. The molecule has 110 valence electrons. The lowest BCUT2D eigenvalue weighted by Gasteiger charge is -2.31. The lowest BCUT2D eigenvalue weighted by molar-refractivity contribution is 0.189. The van der Waals surface area contributed by atoms with E-state index in [0.717, 1.165) is 24.7 Å². The Hall–Kier alpha value is -0.890. The van der Waals surface area contributed by atoms with E-state index in [1.54, 1.807) is 11.3 Å². The van der Waals surface area contributed by atoms with E-state index in [4.69, 9.17) is 5.26 Å². The van der Waals surface area contributed by atoms with E-state index in [1.165, 1.54) is 49.9 Å². The fraction of sp³-hybridized carbons (Fsp3) is 0.688. The molecule has 0 saturated heterocycles. The van der Waals surface area contributed by atoms with Gasteiger partial charge in [-0.15, -0.1) is 11.3 Å². The summed E-state index contributed by atoms with van der Waals surface area (Å²) in [5.41, 5.74) is 0.781. The zero-order valence-corrected chi connectivity index (χ0v) is 13.2. The standard InChI is InChI=1S/C16H25N3S/c1-19(15-6-3-2-4-7-15)9-5-8-18-12-16-10-14(11-17)13-20-16/h10,13,15,18H,2-9,12H2,1H3. The fourth-order valence-electron chi connectivity index (χ4n) is 2.90. The van der Waals surface area contributed by atoms with Crippen molar-refractivity contribution >= 4 is 11.3 Å². The molecule has 20 heavy (non-hydrogen) atoms. The van der Waals surface area contributed by atoms with Crippen molar-refractivity contribution in [3.8, 4) is 6.07 Å². The van der Waals surface area contributed by atoms with Crippen molar-refractivity contribution in [3.63, 3.8) is 0 Å². The minimum Gasteiger partial charge on any atom is -0.312 e. The summed E-state index contributed by atoms with van der Waals surface area (Å²) in [6.45, 7) is 3.13. The molecule has 0 radical (unpaired) electrons. The number of nitriles is 1. The van der Waals surface area contributed by atoms with Crippen LogP contribution < -0.4 is 5.32 Å². The molecule has 0 aromatic carbocycles. The lowest BCUT2D eigenvalue weighted by atomic mass is 9.94. The minimum absolute atomic E-state index is 0.781.